The second-order valence-corrected chi connectivity index (χ2v) is 8.22. The topological polar surface area (TPSA) is 111 Å². The maximum Gasteiger partial charge on any atom is 0.238 e. The van der Waals surface area contributed by atoms with Crippen LogP contribution in [0.25, 0.3) is 0 Å². The highest BCUT2D eigenvalue weighted by atomic mass is 32.2. The molecular weight excluding hydrogens is 420 g/mol. The molecule has 1 aromatic heterocycles. The molecule has 0 atom stereocenters. The van der Waals surface area contributed by atoms with Gasteiger partial charge in [-0.25, -0.2) is 0 Å². The highest BCUT2D eigenvalue weighted by Gasteiger charge is 2.17. The van der Waals surface area contributed by atoms with Gasteiger partial charge >= 0.3 is 0 Å². The summed E-state index contributed by atoms with van der Waals surface area (Å²) in [4.78, 5) is 25.2. The predicted molar refractivity (Wildman–Crippen MR) is 119 cm³/mol. The van der Waals surface area contributed by atoms with E-state index in [-0.39, 0.29) is 24.1 Å². The Morgan fingerprint density at radius 1 is 1.13 bits per heavy atom. The third-order valence-corrected chi connectivity index (χ3v) is 5.71. The first-order chi connectivity index (χ1) is 14.5. The Bertz CT molecular complexity index is 1060. The lowest BCUT2D eigenvalue weighted by atomic mass is 10.3. The summed E-state index contributed by atoms with van der Waals surface area (Å²) >= 11 is 2.58. The van der Waals surface area contributed by atoms with Gasteiger partial charge in [0.1, 0.15) is 6.54 Å². The first-order valence-corrected chi connectivity index (χ1v) is 10.7. The Kier molecular flexibility index (Phi) is 7.37. The van der Waals surface area contributed by atoms with Gasteiger partial charge in [0.15, 0.2) is 4.34 Å². The lowest BCUT2D eigenvalue weighted by molar-refractivity contribution is -0.116. The van der Waals surface area contributed by atoms with Crippen molar-refractivity contribution < 1.29 is 9.59 Å². The van der Waals surface area contributed by atoms with Crippen LogP contribution in [0.5, 0.6) is 0 Å². The molecule has 3 aromatic rings. The number of thioether (sulfide) groups is 1. The van der Waals surface area contributed by atoms with Crippen LogP contribution >= 0.6 is 23.1 Å². The van der Waals surface area contributed by atoms with Crippen molar-refractivity contribution in [3.8, 4) is 6.07 Å². The fraction of sp³-hybridized carbons (Fsp3) is 0.150. The molecule has 152 valence electrons. The summed E-state index contributed by atoms with van der Waals surface area (Å²) in [7, 11) is 0. The quantitative estimate of drug-likeness (QED) is 0.405. The second kappa shape index (κ2) is 10.4. The van der Waals surface area contributed by atoms with Gasteiger partial charge in [0, 0.05) is 24.0 Å². The fourth-order valence-electron chi connectivity index (χ4n) is 2.52. The van der Waals surface area contributed by atoms with Crippen molar-refractivity contribution in [2.24, 2.45) is 0 Å². The fourth-order valence-corrected chi connectivity index (χ4v) is 4.17. The molecule has 2 aromatic carbocycles. The van der Waals surface area contributed by atoms with Crippen molar-refractivity contribution in [3.05, 3.63) is 54.6 Å². The molecule has 0 fully saturated rings. The zero-order valence-electron chi connectivity index (χ0n) is 16.0. The zero-order valence-corrected chi connectivity index (χ0v) is 17.7. The number of hydrogen-bond acceptors (Lipinski definition) is 8. The monoisotopic (exact) mass is 438 g/mol. The molecule has 8 nitrogen and oxygen atoms in total. The Labute approximate surface area is 181 Å². The number of nitriles is 1. The minimum Gasteiger partial charge on any atom is -0.330 e. The first-order valence-electron chi connectivity index (χ1n) is 8.88. The molecule has 0 spiro atoms. The molecule has 0 saturated carbocycles. The minimum atomic E-state index is -0.180. The molecule has 3 rings (SSSR count). The van der Waals surface area contributed by atoms with Gasteiger partial charge in [-0.3, -0.25) is 14.5 Å². The number of para-hydroxylation sites is 1. The van der Waals surface area contributed by atoms with Crippen LogP contribution in [0, 0.1) is 11.3 Å². The summed E-state index contributed by atoms with van der Waals surface area (Å²) < 4.78 is 0.633. The van der Waals surface area contributed by atoms with Gasteiger partial charge in [0.25, 0.3) is 0 Å². The summed E-state index contributed by atoms with van der Waals surface area (Å²) in [5, 5.41) is 23.7. The Balaban J connectivity index is 1.59. The molecule has 30 heavy (non-hydrogen) atoms. The summed E-state index contributed by atoms with van der Waals surface area (Å²) in [6.45, 7) is 1.43. The van der Waals surface area contributed by atoms with Gasteiger partial charge in [0.05, 0.1) is 11.8 Å². The minimum absolute atomic E-state index is 0.0169. The lowest BCUT2D eigenvalue weighted by Crippen LogP contribution is -2.32. The van der Waals surface area contributed by atoms with E-state index < -0.39 is 0 Å². The van der Waals surface area contributed by atoms with E-state index >= 15 is 0 Å². The number of carbonyl (C=O) groups excluding carboxylic acids is 2. The maximum absolute atomic E-state index is 12.6. The maximum atomic E-state index is 12.6. The molecule has 0 aliphatic heterocycles. The van der Waals surface area contributed by atoms with Crippen LogP contribution in [0.4, 0.5) is 22.2 Å². The largest absolute Gasteiger partial charge is 0.330 e. The van der Waals surface area contributed by atoms with Crippen LogP contribution in [-0.2, 0) is 9.59 Å². The zero-order chi connectivity index (χ0) is 21.3. The van der Waals surface area contributed by atoms with Crippen molar-refractivity contribution in [2.75, 3.05) is 27.8 Å². The predicted octanol–water partition coefficient (Wildman–Crippen LogP) is 3.89. The van der Waals surface area contributed by atoms with Gasteiger partial charge in [0.2, 0.25) is 16.9 Å². The van der Waals surface area contributed by atoms with E-state index in [0.29, 0.717) is 20.8 Å². The normalized spacial score (nSPS) is 10.1. The highest BCUT2D eigenvalue weighted by molar-refractivity contribution is 8.01. The van der Waals surface area contributed by atoms with E-state index in [1.165, 1.54) is 34.9 Å². The van der Waals surface area contributed by atoms with Gasteiger partial charge in [-0.1, -0.05) is 47.4 Å². The van der Waals surface area contributed by atoms with Crippen LogP contribution in [0.2, 0.25) is 0 Å². The first kappa shape index (κ1) is 21.3. The summed E-state index contributed by atoms with van der Waals surface area (Å²) in [6.07, 6.45) is 0. The number of nitrogens with zero attached hydrogens (tertiary/aromatic N) is 4. The van der Waals surface area contributed by atoms with Crippen molar-refractivity contribution in [1.82, 2.24) is 10.2 Å². The van der Waals surface area contributed by atoms with Crippen LogP contribution < -0.4 is 15.5 Å². The van der Waals surface area contributed by atoms with E-state index in [9.17, 15) is 9.59 Å². The van der Waals surface area contributed by atoms with Gasteiger partial charge in [-0.15, -0.1) is 10.2 Å². The third kappa shape index (κ3) is 6.04. The number of hydrogen-bond donors (Lipinski definition) is 2. The van der Waals surface area contributed by atoms with Crippen molar-refractivity contribution in [1.29, 1.82) is 5.26 Å². The summed E-state index contributed by atoms with van der Waals surface area (Å²) in [5.41, 5.74) is 2.12. The van der Waals surface area contributed by atoms with Gasteiger partial charge in [-0.05, 0) is 30.3 Å². The second-order valence-electron chi connectivity index (χ2n) is 6.02. The van der Waals surface area contributed by atoms with Crippen molar-refractivity contribution in [2.45, 2.75) is 11.3 Å². The SMILES string of the molecule is CC(=O)Nc1cccc(Nc2nnc(SCC(=O)N(CC#N)c3ccccc3)s2)c1. The number of amides is 2. The Morgan fingerprint density at radius 3 is 2.63 bits per heavy atom. The molecule has 0 bridgehead atoms. The molecule has 10 heteroatoms. The van der Waals surface area contributed by atoms with Crippen molar-refractivity contribution in [3.63, 3.8) is 0 Å². The summed E-state index contributed by atoms with van der Waals surface area (Å²) in [5.74, 6) is -0.184. The average Bonchev–Trinajstić information content (AvgIpc) is 3.18. The lowest BCUT2D eigenvalue weighted by Gasteiger charge is -2.19. The molecule has 1 heterocycles. The summed E-state index contributed by atoms with van der Waals surface area (Å²) in [6, 6.07) is 18.4. The molecule has 0 unspecified atom stereocenters. The smallest absolute Gasteiger partial charge is 0.238 e. The standard InChI is InChI=1S/C20H18N6O2S2/c1-14(27)22-15-6-5-7-16(12-15)23-19-24-25-20(30-19)29-13-18(28)26(11-10-21)17-8-3-2-4-9-17/h2-9,12H,11,13H2,1H3,(H,22,27)(H,23,24). The number of nitrogens with one attached hydrogen (secondary N) is 2. The molecule has 2 N–H and O–H groups in total. The van der Waals surface area contributed by atoms with Crippen molar-refractivity contribution >= 4 is 57.1 Å². The molecule has 0 aliphatic carbocycles. The molecular formula is C20H18N6O2S2. The van der Waals surface area contributed by atoms with E-state index in [2.05, 4.69) is 20.8 Å². The molecule has 2 amide bonds. The van der Waals surface area contributed by atoms with E-state index in [0.717, 1.165) is 5.69 Å². The van der Waals surface area contributed by atoms with Crippen LogP contribution in [-0.4, -0.2) is 34.3 Å². The molecule has 0 aliphatic rings. The molecule has 0 saturated heterocycles. The van der Waals surface area contributed by atoms with E-state index in [1.54, 1.807) is 24.3 Å². The number of anilines is 4. The number of carbonyl (C=O) groups is 2. The Morgan fingerprint density at radius 2 is 1.90 bits per heavy atom. The van der Waals surface area contributed by atoms with E-state index in [4.69, 9.17) is 5.26 Å². The van der Waals surface area contributed by atoms with Crippen LogP contribution in [0.3, 0.4) is 0 Å². The highest BCUT2D eigenvalue weighted by Crippen LogP contribution is 2.29. The van der Waals surface area contributed by atoms with Crippen LogP contribution in [0.1, 0.15) is 6.92 Å². The van der Waals surface area contributed by atoms with Gasteiger partial charge in [-0.2, -0.15) is 5.26 Å². The number of rotatable bonds is 8. The Hall–Kier alpha value is -3.42. The van der Waals surface area contributed by atoms with Gasteiger partial charge < -0.3 is 10.6 Å². The number of benzene rings is 2. The molecule has 0 radical (unpaired) electrons. The number of aromatic nitrogens is 2. The van der Waals surface area contributed by atoms with E-state index in [1.807, 2.05) is 36.4 Å². The third-order valence-electron chi connectivity index (χ3n) is 3.76. The van der Waals surface area contributed by atoms with Crippen LogP contribution in [0.15, 0.2) is 58.9 Å². The average molecular weight is 439 g/mol.